The zero-order valence-electron chi connectivity index (χ0n) is 4.96. The molecule has 0 fully saturated rings. The Morgan fingerprint density at radius 3 is 2.90 bits per heavy atom. The highest BCUT2D eigenvalue weighted by atomic mass is 32.1. The lowest BCUT2D eigenvalue weighted by Gasteiger charge is -1.90. The van der Waals surface area contributed by atoms with Crippen molar-refractivity contribution >= 4 is 12.6 Å². The topological polar surface area (TPSA) is 56.6 Å². The van der Waals surface area contributed by atoms with E-state index in [1.165, 1.54) is 12.3 Å². The van der Waals surface area contributed by atoms with Crippen molar-refractivity contribution in [2.24, 2.45) is 0 Å². The van der Waals surface area contributed by atoms with Gasteiger partial charge in [0, 0.05) is 17.2 Å². The maximum atomic E-state index is 10.5. The van der Waals surface area contributed by atoms with Gasteiger partial charge in [-0.25, -0.2) is 0 Å². The van der Waals surface area contributed by atoms with E-state index in [9.17, 15) is 4.79 Å². The molecule has 1 aromatic rings. The average molecular weight is 152 g/mol. The zero-order chi connectivity index (χ0) is 7.56. The molecule has 0 saturated carbocycles. The molecule has 0 atom stereocenters. The lowest BCUT2D eigenvalue weighted by molar-refractivity contribution is 1.17. The quantitative estimate of drug-likeness (QED) is 0.533. The molecule has 1 rings (SSSR count). The first-order chi connectivity index (χ1) is 4.74. The second-order valence-corrected chi connectivity index (χ2v) is 2.19. The highest BCUT2D eigenvalue weighted by Crippen LogP contribution is 2.06. The fourth-order valence-corrected chi connectivity index (χ4v) is 0.782. The Balaban J connectivity index is 3.37. The number of hydrogen-bond acceptors (Lipinski definition) is 3. The van der Waals surface area contributed by atoms with Gasteiger partial charge >= 0.3 is 0 Å². The first-order valence-corrected chi connectivity index (χ1v) is 3.00. The number of rotatable bonds is 0. The molecule has 0 spiro atoms. The SMILES string of the molecule is N#Cc1c[nH]c(=O)cc1S. The van der Waals surface area contributed by atoms with Crippen molar-refractivity contribution < 1.29 is 0 Å². The van der Waals surface area contributed by atoms with Crippen LogP contribution < -0.4 is 5.56 Å². The largest absolute Gasteiger partial charge is 0.328 e. The predicted molar refractivity (Wildman–Crippen MR) is 39.0 cm³/mol. The summed E-state index contributed by atoms with van der Waals surface area (Å²) >= 11 is 3.91. The smallest absolute Gasteiger partial charge is 0.249 e. The summed E-state index contributed by atoms with van der Waals surface area (Å²) in [7, 11) is 0. The Bertz CT molecular complexity index is 336. The lowest BCUT2D eigenvalue weighted by Crippen LogP contribution is -2.03. The summed E-state index contributed by atoms with van der Waals surface area (Å²) in [6.45, 7) is 0. The average Bonchev–Trinajstić information content (AvgIpc) is 1.88. The molecule has 10 heavy (non-hydrogen) atoms. The van der Waals surface area contributed by atoms with Crippen LogP contribution in [0.25, 0.3) is 0 Å². The Hall–Kier alpha value is -1.21. The second kappa shape index (κ2) is 2.58. The highest BCUT2D eigenvalue weighted by Gasteiger charge is 1.95. The molecule has 0 unspecified atom stereocenters. The maximum Gasteiger partial charge on any atom is 0.249 e. The van der Waals surface area contributed by atoms with Crippen LogP contribution in [0, 0.1) is 11.3 Å². The summed E-state index contributed by atoms with van der Waals surface area (Å²) in [6.07, 6.45) is 1.34. The summed E-state index contributed by atoms with van der Waals surface area (Å²) in [5, 5.41) is 8.39. The lowest BCUT2D eigenvalue weighted by atomic mass is 10.3. The van der Waals surface area contributed by atoms with E-state index in [1.807, 2.05) is 6.07 Å². The molecule has 0 aliphatic heterocycles. The van der Waals surface area contributed by atoms with E-state index in [4.69, 9.17) is 5.26 Å². The van der Waals surface area contributed by atoms with E-state index >= 15 is 0 Å². The molecule has 0 bridgehead atoms. The maximum absolute atomic E-state index is 10.5. The number of hydrogen-bond donors (Lipinski definition) is 2. The molecular weight excluding hydrogens is 148 g/mol. The fraction of sp³-hybridized carbons (Fsp3) is 0. The summed E-state index contributed by atoms with van der Waals surface area (Å²) < 4.78 is 0. The Morgan fingerprint density at radius 2 is 2.40 bits per heavy atom. The Kier molecular flexibility index (Phi) is 1.78. The summed E-state index contributed by atoms with van der Waals surface area (Å²) in [6, 6.07) is 3.14. The summed E-state index contributed by atoms with van der Waals surface area (Å²) in [5.74, 6) is 0. The van der Waals surface area contributed by atoms with Gasteiger partial charge in [-0.2, -0.15) is 5.26 Å². The van der Waals surface area contributed by atoms with Crippen LogP contribution in [0.15, 0.2) is 22.0 Å². The number of nitrogens with zero attached hydrogens (tertiary/aromatic N) is 1. The Labute approximate surface area is 62.7 Å². The standard InChI is InChI=1S/C6H4N2OS/c7-2-4-3-8-6(9)1-5(4)10/h1,3H,(H2,8,9,10). The number of pyridine rings is 1. The van der Waals surface area contributed by atoms with E-state index in [0.717, 1.165) is 0 Å². The van der Waals surface area contributed by atoms with Crippen LogP contribution in [-0.4, -0.2) is 4.98 Å². The van der Waals surface area contributed by atoms with Crippen molar-refractivity contribution in [2.75, 3.05) is 0 Å². The molecule has 4 heteroatoms. The normalized spacial score (nSPS) is 8.80. The molecular formula is C6H4N2OS. The van der Waals surface area contributed by atoms with Gasteiger partial charge in [0.05, 0.1) is 5.56 Å². The van der Waals surface area contributed by atoms with Gasteiger partial charge in [-0.3, -0.25) is 4.79 Å². The van der Waals surface area contributed by atoms with Gasteiger partial charge in [0.15, 0.2) is 0 Å². The van der Waals surface area contributed by atoms with Gasteiger partial charge < -0.3 is 4.98 Å². The van der Waals surface area contributed by atoms with E-state index in [2.05, 4.69) is 17.6 Å². The molecule has 1 N–H and O–H groups in total. The molecule has 3 nitrogen and oxygen atoms in total. The molecule has 0 amide bonds. The number of aromatic amines is 1. The number of aromatic nitrogens is 1. The first kappa shape index (κ1) is 6.90. The Morgan fingerprint density at radius 1 is 1.70 bits per heavy atom. The van der Waals surface area contributed by atoms with Gasteiger partial charge in [-0.1, -0.05) is 0 Å². The molecule has 50 valence electrons. The molecule has 0 aromatic carbocycles. The third-order valence-corrected chi connectivity index (χ3v) is 1.39. The van der Waals surface area contributed by atoms with Crippen LogP contribution in [0.1, 0.15) is 5.56 Å². The van der Waals surface area contributed by atoms with Crippen molar-refractivity contribution in [1.29, 1.82) is 5.26 Å². The molecule has 0 saturated heterocycles. The molecule has 0 radical (unpaired) electrons. The summed E-state index contributed by atoms with van der Waals surface area (Å²) in [5.41, 5.74) is 0.131. The van der Waals surface area contributed by atoms with Gasteiger partial charge in [0.1, 0.15) is 6.07 Å². The fourth-order valence-electron chi connectivity index (χ4n) is 0.550. The van der Waals surface area contributed by atoms with Gasteiger partial charge in [0.25, 0.3) is 0 Å². The van der Waals surface area contributed by atoms with Gasteiger partial charge in [-0.15, -0.1) is 12.6 Å². The van der Waals surface area contributed by atoms with E-state index in [0.29, 0.717) is 10.5 Å². The first-order valence-electron chi connectivity index (χ1n) is 2.56. The molecule has 0 aliphatic carbocycles. The van der Waals surface area contributed by atoms with Crippen molar-refractivity contribution in [3.63, 3.8) is 0 Å². The van der Waals surface area contributed by atoms with Crippen LogP contribution >= 0.6 is 12.6 Å². The van der Waals surface area contributed by atoms with E-state index in [-0.39, 0.29) is 5.56 Å². The predicted octanol–water partition coefficient (Wildman–Crippen LogP) is 0.535. The van der Waals surface area contributed by atoms with Crippen LogP contribution in [0.2, 0.25) is 0 Å². The summed E-state index contributed by atoms with van der Waals surface area (Å²) in [4.78, 5) is 13.3. The van der Waals surface area contributed by atoms with E-state index < -0.39 is 0 Å². The number of thiol groups is 1. The number of H-pyrrole nitrogens is 1. The third kappa shape index (κ3) is 1.20. The monoisotopic (exact) mass is 152 g/mol. The van der Waals surface area contributed by atoms with Crippen molar-refractivity contribution in [1.82, 2.24) is 4.98 Å². The number of nitrogens with one attached hydrogen (secondary N) is 1. The minimum absolute atomic E-state index is 0.246. The van der Waals surface area contributed by atoms with Gasteiger partial charge in [-0.05, 0) is 0 Å². The number of nitriles is 1. The molecule has 1 heterocycles. The van der Waals surface area contributed by atoms with Crippen LogP contribution in [-0.2, 0) is 0 Å². The van der Waals surface area contributed by atoms with E-state index in [1.54, 1.807) is 0 Å². The van der Waals surface area contributed by atoms with Crippen LogP contribution in [0.3, 0.4) is 0 Å². The van der Waals surface area contributed by atoms with Crippen molar-refractivity contribution in [2.45, 2.75) is 4.90 Å². The molecule has 0 aliphatic rings. The highest BCUT2D eigenvalue weighted by molar-refractivity contribution is 7.80. The second-order valence-electron chi connectivity index (χ2n) is 1.71. The minimum atomic E-state index is -0.246. The van der Waals surface area contributed by atoms with Crippen molar-refractivity contribution in [3.8, 4) is 6.07 Å². The van der Waals surface area contributed by atoms with Gasteiger partial charge in [0.2, 0.25) is 5.56 Å². The van der Waals surface area contributed by atoms with Crippen LogP contribution in [0.5, 0.6) is 0 Å². The van der Waals surface area contributed by atoms with Crippen LogP contribution in [0.4, 0.5) is 0 Å². The van der Waals surface area contributed by atoms with Crippen molar-refractivity contribution in [3.05, 3.63) is 28.2 Å². The zero-order valence-corrected chi connectivity index (χ0v) is 5.85. The third-order valence-electron chi connectivity index (χ3n) is 1.02. The molecule has 1 aromatic heterocycles. The minimum Gasteiger partial charge on any atom is -0.328 e.